The zero-order chi connectivity index (χ0) is 11.7. The SMILES string of the molecule is Cc1cn(-c2ccc(N)c([N+](=O)[O-])c2)cn1. The number of rotatable bonds is 2. The van der Waals surface area contributed by atoms with Crippen LogP contribution in [0, 0.1) is 17.0 Å². The van der Waals surface area contributed by atoms with Crippen LogP contribution in [0.2, 0.25) is 0 Å². The maximum absolute atomic E-state index is 10.7. The van der Waals surface area contributed by atoms with Crippen LogP contribution >= 0.6 is 0 Å². The van der Waals surface area contributed by atoms with Crippen molar-refractivity contribution in [1.29, 1.82) is 0 Å². The van der Waals surface area contributed by atoms with Gasteiger partial charge < -0.3 is 10.3 Å². The van der Waals surface area contributed by atoms with Gasteiger partial charge in [-0.25, -0.2) is 4.98 Å². The van der Waals surface area contributed by atoms with Crippen molar-refractivity contribution in [2.45, 2.75) is 6.92 Å². The highest BCUT2D eigenvalue weighted by atomic mass is 16.6. The van der Waals surface area contributed by atoms with Crippen molar-refractivity contribution in [3.63, 3.8) is 0 Å². The Labute approximate surface area is 91.5 Å². The Kier molecular flexibility index (Phi) is 2.32. The molecule has 2 aromatic rings. The van der Waals surface area contributed by atoms with Crippen molar-refractivity contribution >= 4 is 11.4 Å². The molecule has 0 fully saturated rings. The summed E-state index contributed by atoms with van der Waals surface area (Å²) in [4.78, 5) is 14.3. The van der Waals surface area contributed by atoms with E-state index in [0.717, 1.165) is 5.69 Å². The van der Waals surface area contributed by atoms with Crippen LogP contribution < -0.4 is 5.73 Å². The molecule has 0 spiro atoms. The molecule has 6 heteroatoms. The minimum Gasteiger partial charge on any atom is -0.393 e. The number of aromatic nitrogens is 2. The third-order valence-electron chi connectivity index (χ3n) is 2.22. The molecule has 1 aromatic heterocycles. The summed E-state index contributed by atoms with van der Waals surface area (Å²) in [6, 6.07) is 4.66. The minimum absolute atomic E-state index is 0.0937. The molecular formula is C10H10N4O2. The highest BCUT2D eigenvalue weighted by Gasteiger charge is 2.12. The third kappa shape index (κ3) is 1.72. The molecule has 1 heterocycles. The van der Waals surface area contributed by atoms with Crippen LogP contribution in [0.25, 0.3) is 5.69 Å². The lowest BCUT2D eigenvalue weighted by Gasteiger charge is -2.03. The van der Waals surface area contributed by atoms with Crippen molar-refractivity contribution in [3.05, 3.63) is 46.5 Å². The van der Waals surface area contributed by atoms with Gasteiger partial charge >= 0.3 is 0 Å². The van der Waals surface area contributed by atoms with Crippen LogP contribution in [-0.4, -0.2) is 14.5 Å². The molecule has 0 saturated heterocycles. The highest BCUT2D eigenvalue weighted by molar-refractivity contribution is 5.62. The van der Waals surface area contributed by atoms with Gasteiger partial charge in [0, 0.05) is 12.3 Å². The summed E-state index contributed by atoms with van der Waals surface area (Å²) < 4.78 is 1.71. The number of anilines is 1. The lowest BCUT2D eigenvalue weighted by Crippen LogP contribution is -1.98. The number of imidazole rings is 1. The number of nitrogen functional groups attached to an aromatic ring is 1. The van der Waals surface area contributed by atoms with E-state index < -0.39 is 4.92 Å². The van der Waals surface area contributed by atoms with Gasteiger partial charge in [-0.05, 0) is 19.1 Å². The van der Waals surface area contributed by atoms with Gasteiger partial charge in [0.25, 0.3) is 5.69 Å². The quantitative estimate of drug-likeness (QED) is 0.472. The van der Waals surface area contributed by atoms with E-state index in [2.05, 4.69) is 4.98 Å². The molecule has 0 atom stereocenters. The fraction of sp³-hybridized carbons (Fsp3) is 0.100. The van der Waals surface area contributed by atoms with Gasteiger partial charge in [0.1, 0.15) is 5.69 Å². The fourth-order valence-corrected chi connectivity index (χ4v) is 1.41. The normalized spacial score (nSPS) is 10.3. The number of nitrogens with zero attached hydrogens (tertiary/aromatic N) is 3. The third-order valence-corrected chi connectivity index (χ3v) is 2.22. The number of nitro groups is 1. The predicted molar refractivity (Wildman–Crippen MR) is 59.4 cm³/mol. The van der Waals surface area contributed by atoms with Crippen molar-refractivity contribution < 1.29 is 4.92 Å². The Morgan fingerprint density at radius 1 is 1.50 bits per heavy atom. The van der Waals surface area contributed by atoms with Gasteiger partial charge in [0.2, 0.25) is 0 Å². The monoisotopic (exact) mass is 218 g/mol. The Morgan fingerprint density at radius 2 is 2.25 bits per heavy atom. The van der Waals surface area contributed by atoms with Gasteiger partial charge in [0.05, 0.1) is 22.6 Å². The minimum atomic E-state index is -0.497. The lowest BCUT2D eigenvalue weighted by atomic mass is 10.2. The van der Waals surface area contributed by atoms with Gasteiger partial charge in [0.15, 0.2) is 0 Å². The number of nitrogens with two attached hydrogens (primary N) is 1. The van der Waals surface area contributed by atoms with E-state index >= 15 is 0 Å². The molecular weight excluding hydrogens is 208 g/mol. The topological polar surface area (TPSA) is 87.0 Å². The highest BCUT2D eigenvalue weighted by Crippen LogP contribution is 2.24. The van der Waals surface area contributed by atoms with E-state index in [1.165, 1.54) is 12.1 Å². The molecule has 0 unspecified atom stereocenters. The molecule has 0 bridgehead atoms. The molecule has 16 heavy (non-hydrogen) atoms. The molecule has 1 aromatic carbocycles. The van der Waals surface area contributed by atoms with E-state index in [1.807, 2.05) is 6.92 Å². The van der Waals surface area contributed by atoms with Crippen LogP contribution in [0.4, 0.5) is 11.4 Å². The van der Waals surface area contributed by atoms with Gasteiger partial charge in [-0.2, -0.15) is 0 Å². The molecule has 0 saturated carbocycles. The van der Waals surface area contributed by atoms with Crippen LogP contribution in [0.5, 0.6) is 0 Å². The standard InChI is InChI=1S/C10H10N4O2/c1-7-5-13(6-12-7)8-2-3-9(11)10(4-8)14(15)16/h2-6H,11H2,1H3. The number of aryl methyl sites for hydroxylation is 1. The summed E-state index contributed by atoms with van der Waals surface area (Å²) in [5.74, 6) is 0. The maximum Gasteiger partial charge on any atom is 0.294 e. The van der Waals surface area contributed by atoms with Crippen molar-refractivity contribution in [3.8, 4) is 5.69 Å². The summed E-state index contributed by atoms with van der Waals surface area (Å²) in [6.45, 7) is 1.85. The maximum atomic E-state index is 10.7. The van der Waals surface area contributed by atoms with E-state index in [4.69, 9.17) is 5.73 Å². The van der Waals surface area contributed by atoms with Crippen LogP contribution in [-0.2, 0) is 0 Å². The van der Waals surface area contributed by atoms with Crippen molar-refractivity contribution in [1.82, 2.24) is 9.55 Å². The molecule has 2 rings (SSSR count). The van der Waals surface area contributed by atoms with Crippen molar-refractivity contribution in [2.75, 3.05) is 5.73 Å². The smallest absolute Gasteiger partial charge is 0.294 e. The molecule has 0 aliphatic rings. The Bertz CT molecular complexity index is 548. The Morgan fingerprint density at radius 3 is 2.81 bits per heavy atom. The summed E-state index contributed by atoms with van der Waals surface area (Å²) in [7, 11) is 0. The largest absolute Gasteiger partial charge is 0.393 e. The lowest BCUT2D eigenvalue weighted by molar-refractivity contribution is -0.383. The fourth-order valence-electron chi connectivity index (χ4n) is 1.41. The number of benzene rings is 1. The second kappa shape index (κ2) is 3.65. The zero-order valence-electron chi connectivity index (χ0n) is 8.62. The van der Waals surface area contributed by atoms with Crippen LogP contribution in [0.1, 0.15) is 5.69 Å². The average Bonchev–Trinajstić information content (AvgIpc) is 2.65. The molecule has 82 valence electrons. The van der Waals surface area contributed by atoms with Gasteiger partial charge in [-0.15, -0.1) is 0 Å². The van der Waals surface area contributed by atoms with E-state index in [0.29, 0.717) is 5.69 Å². The molecule has 0 aliphatic carbocycles. The zero-order valence-corrected chi connectivity index (χ0v) is 8.62. The Balaban J connectivity index is 2.51. The average molecular weight is 218 g/mol. The molecule has 0 amide bonds. The van der Waals surface area contributed by atoms with Gasteiger partial charge in [-0.1, -0.05) is 0 Å². The second-order valence-electron chi connectivity index (χ2n) is 3.42. The molecule has 0 aliphatic heterocycles. The molecule has 2 N–H and O–H groups in total. The summed E-state index contributed by atoms with van der Waals surface area (Å²) in [5, 5.41) is 10.7. The summed E-state index contributed by atoms with van der Waals surface area (Å²) in [5.41, 5.74) is 7.09. The first-order chi connectivity index (χ1) is 7.58. The van der Waals surface area contributed by atoms with Crippen LogP contribution in [0.3, 0.4) is 0 Å². The summed E-state index contributed by atoms with van der Waals surface area (Å²) >= 11 is 0. The van der Waals surface area contributed by atoms with E-state index in [-0.39, 0.29) is 11.4 Å². The number of nitro benzene ring substituents is 1. The van der Waals surface area contributed by atoms with Crippen LogP contribution in [0.15, 0.2) is 30.7 Å². The number of hydrogen-bond donors (Lipinski definition) is 1. The first-order valence-electron chi connectivity index (χ1n) is 4.63. The second-order valence-corrected chi connectivity index (χ2v) is 3.42. The first kappa shape index (κ1) is 10.2. The van der Waals surface area contributed by atoms with E-state index in [9.17, 15) is 10.1 Å². The first-order valence-corrected chi connectivity index (χ1v) is 4.63. The predicted octanol–water partition coefficient (Wildman–Crippen LogP) is 1.67. The molecule has 6 nitrogen and oxygen atoms in total. The Hall–Kier alpha value is -2.37. The summed E-state index contributed by atoms with van der Waals surface area (Å²) in [6.07, 6.45) is 3.39. The molecule has 0 radical (unpaired) electrons. The van der Waals surface area contributed by atoms with E-state index in [1.54, 1.807) is 23.2 Å². The van der Waals surface area contributed by atoms with Crippen molar-refractivity contribution in [2.24, 2.45) is 0 Å². The van der Waals surface area contributed by atoms with Gasteiger partial charge in [-0.3, -0.25) is 10.1 Å². The number of hydrogen-bond acceptors (Lipinski definition) is 4.